The predicted octanol–water partition coefficient (Wildman–Crippen LogP) is 3.61. The number of aromatic nitrogens is 2. The largest absolute Gasteiger partial charge is 0.338 e. The lowest BCUT2D eigenvalue weighted by molar-refractivity contribution is 0.382. The molecule has 1 aromatic carbocycles. The van der Waals surface area contributed by atoms with Gasteiger partial charge in [-0.05, 0) is 25.3 Å². The van der Waals surface area contributed by atoms with Gasteiger partial charge in [0.25, 0.3) is 0 Å². The van der Waals surface area contributed by atoms with Gasteiger partial charge in [-0.15, -0.1) is 0 Å². The van der Waals surface area contributed by atoms with Crippen LogP contribution in [0.4, 0.5) is 6.01 Å². The molecular weight excluding hydrogens is 238 g/mol. The van der Waals surface area contributed by atoms with Gasteiger partial charge in [-0.2, -0.15) is 4.98 Å². The molecule has 0 spiro atoms. The Kier molecular flexibility index (Phi) is 4.20. The average molecular weight is 259 g/mol. The van der Waals surface area contributed by atoms with E-state index in [-0.39, 0.29) is 5.41 Å². The standard InChI is InChI=1S/C15H21N3O/c1-4-15(5-2,12-10-8-7-9-11-12)13-17-14(16-6-3)19-18-13/h7-11H,4-6H2,1-3H3,(H,16,17,18). The lowest BCUT2D eigenvalue weighted by Gasteiger charge is -2.28. The Morgan fingerprint density at radius 1 is 1.11 bits per heavy atom. The molecular formula is C15H21N3O. The molecule has 4 nitrogen and oxygen atoms in total. The zero-order chi connectivity index (χ0) is 13.7. The summed E-state index contributed by atoms with van der Waals surface area (Å²) >= 11 is 0. The molecule has 4 heteroatoms. The summed E-state index contributed by atoms with van der Waals surface area (Å²) in [5.74, 6) is 0.764. The summed E-state index contributed by atoms with van der Waals surface area (Å²) in [5, 5.41) is 7.24. The number of benzene rings is 1. The molecule has 2 aromatic rings. The van der Waals surface area contributed by atoms with Crippen molar-refractivity contribution in [3.63, 3.8) is 0 Å². The maximum absolute atomic E-state index is 5.26. The second-order valence-corrected chi connectivity index (χ2v) is 4.61. The van der Waals surface area contributed by atoms with Crippen molar-refractivity contribution in [3.8, 4) is 0 Å². The Morgan fingerprint density at radius 3 is 2.37 bits per heavy atom. The summed E-state index contributed by atoms with van der Waals surface area (Å²) in [4.78, 5) is 4.50. The van der Waals surface area contributed by atoms with Crippen LogP contribution in [0.25, 0.3) is 0 Å². The van der Waals surface area contributed by atoms with Gasteiger partial charge >= 0.3 is 6.01 Å². The number of hydrogen-bond acceptors (Lipinski definition) is 4. The monoisotopic (exact) mass is 259 g/mol. The van der Waals surface area contributed by atoms with E-state index in [0.29, 0.717) is 6.01 Å². The van der Waals surface area contributed by atoms with E-state index in [1.165, 1.54) is 5.56 Å². The molecule has 1 aromatic heterocycles. The Morgan fingerprint density at radius 2 is 1.79 bits per heavy atom. The van der Waals surface area contributed by atoms with Crippen LogP contribution in [0.2, 0.25) is 0 Å². The van der Waals surface area contributed by atoms with E-state index in [1.54, 1.807) is 0 Å². The highest BCUT2D eigenvalue weighted by molar-refractivity contribution is 5.34. The summed E-state index contributed by atoms with van der Waals surface area (Å²) in [7, 11) is 0. The molecule has 0 bridgehead atoms. The zero-order valence-corrected chi connectivity index (χ0v) is 11.8. The van der Waals surface area contributed by atoms with Gasteiger partial charge in [0.1, 0.15) is 0 Å². The van der Waals surface area contributed by atoms with Gasteiger partial charge in [0.2, 0.25) is 0 Å². The number of nitrogens with one attached hydrogen (secondary N) is 1. The van der Waals surface area contributed by atoms with Crippen LogP contribution in [0, 0.1) is 0 Å². The summed E-state index contributed by atoms with van der Waals surface area (Å²) in [6, 6.07) is 10.9. The Balaban J connectivity index is 2.43. The molecule has 1 N–H and O–H groups in total. The second-order valence-electron chi connectivity index (χ2n) is 4.61. The van der Waals surface area contributed by atoms with E-state index in [4.69, 9.17) is 4.52 Å². The lowest BCUT2D eigenvalue weighted by Crippen LogP contribution is -2.27. The van der Waals surface area contributed by atoms with Crippen molar-refractivity contribution in [1.82, 2.24) is 10.1 Å². The van der Waals surface area contributed by atoms with Crippen LogP contribution in [0.1, 0.15) is 45.0 Å². The number of hydrogen-bond donors (Lipinski definition) is 1. The molecule has 0 unspecified atom stereocenters. The molecule has 0 radical (unpaired) electrons. The Bertz CT molecular complexity index is 503. The van der Waals surface area contributed by atoms with Gasteiger partial charge in [0.15, 0.2) is 5.82 Å². The van der Waals surface area contributed by atoms with Crippen molar-refractivity contribution in [2.45, 2.75) is 39.0 Å². The lowest BCUT2D eigenvalue weighted by atomic mass is 9.75. The van der Waals surface area contributed by atoms with E-state index in [9.17, 15) is 0 Å². The van der Waals surface area contributed by atoms with Gasteiger partial charge < -0.3 is 9.84 Å². The maximum atomic E-state index is 5.26. The number of rotatable bonds is 6. The fourth-order valence-corrected chi connectivity index (χ4v) is 2.50. The summed E-state index contributed by atoms with van der Waals surface area (Å²) < 4.78 is 5.26. The van der Waals surface area contributed by atoms with Gasteiger partial charge in [0.05, 0.1) is 5.41 Å². The molecule has 0 fully saturated rings. The third kappa shape index (κ3) is 2.48. The summed E-state index contributed by atoms with van der Waals surface area (Å²) in [5.41, 5.74) is 1.07. The molecule has 19 heavy (non-hydrogen) atoms. The fraction of sp³-hybridized carbons (Fsp3) is 0.467. The van der Waals surface area contributed by atoms with E-state index >= 15 is 0 Å². The minimum absolute atomic E-state index is 0.168. The highest BCUT2D eigenvalue weighted by Gasteiger charge is 2.35. The molecule has 0 amide bonds. The topological polar surface area (TPSA) is 51.0 Å². The minimum atomic E-state index is -0.168. The first-order valence-electron chi connectivity index (χ1n) is 6.90. The quantitative estimate of drug-likeness (QED) is 0.861. The molecule has 0 aliphatic carbocycles. The first-order valence-corrected chi connectivity index (χ1v) is 6.90. The molecule has 0 saturated heterocycles. The van der Waals surface area contributed by atoms with Crippen LogP contribution < -0.4 is 5.32 Å². The number of nitrogens with zero attached hydrogens (tertiary/aromatic N) is 2. The molecule has 102 valence electrons. The van der Waals surface area contributed by atoms with Crippen molar-refractivity contribution >= 4 is 6.01 Å². The van der Waals surface area contributed by atoms with E-state index in [2.05, 4.69) is 53.6 Å². The fourth-order valence-electron chi connectivity index (χ4n) is 2.50. The first kappa shape index (κ1) is 13.6. The second kappa shape index (κ2) is 5.87. The zero-order valence-electron chi connectivity index (χ0n) is 11.8. The highest BCUT2D eigenvalue weighted by Crippen LogP contribution is 2.37. The maximum Gasteiger partial charge on any atom is 0.321 e. The third-order valence-corrected chi connectivity index (χ3v) is 3.72. The van der Waals surface area contributed by atoms with Crippen molar-refractivity contribution in [2.24, 2.45) is 0 Å². The van der Waals surface area contributed by atoms with Gasteiger partial charge in [-0.3, -0.25) is 0 Å². The molecule has 0 aliphatic rings. The smallest absolute Gasteiger partial charge is 0.321 e. The van der Waals surface area contributed by atoms with Crippen LogP contribution in [-0.2, 0) is 5.41 Å². The summed E-state index contributed by atoms with van der Waals surface area (Å²) in [6.07, 6.45) is 1.89. The van der Waals surface area contributed by atoms with Crippen molar-refractivity contribution < 1.29 is 4.52 Å². The van der Waals surface area contributed by atoms with Crippen molar-refractivity contribution in [1.29, 1.82) is 0 Å². The van der Waals surface area contributed by atoms with E-state index < -0.39 is 0 Å². The highest BCUT2D eigenvalue weighted by atomic mass is 16.5. The Hall–Kier alpha value is -1.84. The van der Waals surface area contributed by atoms with Crippen LogP contribution in [-0.4, -0.2) is 16.7 Å². The first-order chi connectivity index (χ1) is 9.26. The molecule has 1 heterocycles. The van der Waals surface area contributed by atoms with Gasteiger partial charge in [0, 0.05) is 6.54 Å². The minimum Gasteiger partial charge on any atom is -0.338 e. The molecule has 0 aliphatic heterocycles. The summed E-state index contributed by atoms with van der Waals surface area (Å²) in [6.45, 7) is 7.12. The number of anilines is 1. The SMILES string of the molecule is CCNc1nc(C(CC)(CC)c2ccccc2)no1. The Labute approximate surface area is 114 Å². The third-order valence-electron chi connectivity index (χ3n) is 3.72. The van der Waals surface area contributed by atoms with Gasteiger partial charge in [-0.25, -0.2) is 0 Å². The van der Waals surface area contributed by atoms with Crippen molar-refractivity contribution in [2.75, 3.05) is 11.9 Å². The normalized spacial score (nSPS) is 11.5. The molecule has 0 atom stereocenters. The van der Waals surface area contributed by atoms with Crippen LogP contribution >= 0.6 is 0 Å². The van der Waals surface area contributed by atoms with Crippen LogP contribution in [0.3, 0.4) is 0 Å². The molecule has 0 saturated carbocycles. The van der Waals surface area contributed by atoms with Crippen LogP contribution in [0.15, 0.2) is 34.9 Å². The molecule has 2 rings (SSSR count). The van der Waals surface area contributed by atoms with Crippen molar-refractivity contribution in [3.05, 3.63) is 41.7 Å². The predicted molar refractivity (Wildman–Crippen MR) is 76.3 cm³/mol. The van der Waals surface area contributed by atoms with E-state index in [1.807, 2.05) is 13.0 Å². The van der Waals surface area contributed by atoms with Gasteiger partial charge in [-0.1, -0.05) is 49.3 Å². The van der Waals surface area contributed by atoms with Crippen LogP contribution in [0.5, 0.6) is 0 Å². The average Bonchev–Trinajstić information content (AvgIpc) is 2.92. The van der Waals surface area contributed by atoms with E-state index in [0.717, 1.165) is 25.2 Å².